The number of rotatable bonds is 7. The van der Waals surface area contributed by atoms with Crippen molar-refractivity contribution in [1.82, 2.24) is 20.4 Å². The van der Waals surface area contributed by atoms with E-state index in [1.54, 1.807) is 7.05 Å². The zero-order valence-corrected chi connectivity index (χ0v) is 15.0. The number of hydrogen-bond acceptors (Lipinski definition) is 6. The van der Waals surface area contributed by atoms with E-state index in [2.05, 4.69) is 15.5 Å². The fourth-order valence-electron chi connectivity index (χ4n) is 1.88. The minimum absolute atomic E-state index is 0.0117. The van der Waals surface area contributed by atoms with Gasteiger partial charge in [0.1, 0.15) is 5.82 Å². The fourth-order valence-corrected chi connectivity index (χ4v) is 2.59. The molecule has 0 aliphatic carbocycles. The van der Waals surface area contributed by atoms with Crippen molar-refractivity contribution in [2.75, 3.05) is 19.3 Å². The standard InChI is InChI=1S/C16H19FN4O3S/c1-10(2)18-13(22)8-21(3)14(23)9-25-16-20-19-15(24-16)11-4-6-12(17)7-5-11/h4-7,10H,8-9H2,1-3H3,(H,18,22). The van der Waals surface area contributed by atoms with Crippen molar-refractivity contribution >= 4 is 23.6 Å². The summed E-state index contributed by atoms with van der Waals surface area (Å²) in [6, 6.07) is 5.68. The molecule has 0 saturated carbocycles. The monoisotopic (exact) mass is 366 g/mol. The highest BCUT2D eigenvalue weighted by Gasteiger charge is 2.16. The lowest BCUT2D eigenvalue weighted by molar-refractivity contribution is -0.132. The van der Waals surface area contributed by atoms with Gasteiger partial charge in [0.15, 0.2) is 0 Å². The normalized spacial score (nSPS) is 10.8. The lowest BCUT2D eigenvalue weighted by Crippen LogP contribution is -2.41. The Morgan fingerprint density at radius 3 is 2.60 bits per heavy atom. The van der Waals surface area contributed by atoms with Crippen molar-refractivity contribution in [3.8, 4) is 11.5 Å². The number of thioether (sulfide) groups is 1. The Balaban J connectivity index is 1.85. The molecule has 1 aromatic carbocycles. The maximum Gasteiger partial charge on any atom is 0.277 e. The number of likely N-dealkylation sites (N-methyl/N-ethyl adjacent to an activating group) is 1. The number of aromatic nitrogens is 2. The number of carbonyl (C=O) groups is 2. The number of hydrogen-bond donors (Lipinski definition) is 1. The summed E-state index contributed by atoms with van der Waals surface area (Å²) in [5.41, 5.74) is 0.592. The lowest BCUT2D eigenvalue weighted by Gasteiger charge is -2.17. The van der Waals surface area contributed by atoms with Crippen molar-refractivity contribution < 1.29 is 18.4 Å². The maximum atomic E-state index is 12.9. The largest absolute Gasteiger partial charge is 0.411 e. The highest BCUT2D eigenvalue weighted by Crippen LogP contribution is 2.23. The second kappa shape index (κ2) is 8.61. The van der Waals surface area contributed by atoms with Crippen LogP contribution in [-0.2, 0) is 9.59 Å². The summed E-state index contributed by atoms with van der Waals surface area (Å²) in [6.07, 6.45) is 0. The highest BCUT2D eigenvalue weighted by atomic mass is 32.2. The topological polar surface area (TPSA) is 88.3 Å². The van der Waals surface area contributed by atoms with Gasteiger partial charge in [-0.25, -0.2) is 4.39 Å². The van der Waals surface area contributed by atoms with E-state index in [1.165, 1.54) is 29.2 Å². The quantitative estimate of drug-likeness (QED) is 0.754. The molecule has 1 heterocycles. The second-order valence-corrected chi connectivity index (χ2v) is 6.57. The minimum atomic E-state index is -0.354. The van der Waals surface area contributed by atoms with Gasteiger partial charge in [-0.15, -0.1) is 10.2 Å². The van der Waals surface area contributed by atoms with Gasteiger partial charge in [-0.05, 0) is 38.1 Å². The molecule has 134 valence electrons. The Labute approximate surface area is 149 Å². The van der Waals surface area contributed by atoms with Crippen LogP contribution in [0.15, 0.2) is 33.9 Å². The SMILES string of the molecule is CC(C)NC(=O)CN(C)C(=O)CSc1nnc(-c2ccc(F)cc2)o1. The zero-order chi connectivity index (χ0) is 18.4. The molecule has 1 aromatic heterocycles. The Morgan fingerprint density at radius 2 is 1.96 bits per heavy atom. The number of benzene rings is 1. The van der Waals surface area contributed by atoms with Crippen LogP contribution in [0.1, 0.15) is 13.8 Å². The molecule has 2 amide bonds. The molecule has 2 rings (SSSR count). The molecule has 1 N–H and O–H groups in total. The number of nitrogens with zero attached hydrogens (tertiary/aromatic N) is 3. The van der Waals surface area contributed by atoms with Crippen molar-refractivity contribution in [2.45, 2.75) is 25.1 Å². The first-order valence-corrected chi connectivity index (χ1v) is 8.59. The van der Waals surface area contributed by atoms with E-state index >= 15 is 0 Å². The number of carbonyl (C=O) groups excluding carboxylic acids is 2. The predicted octanol–water partition coefficient (Wildman–Crippen LogP) is 1.95. The average Bonchev–Trinajstić information content (AvgIpc) is 3.01. The Morgan fingerprint density at radius 1 is 1.28 bits per heavy atom. The van der Waals surface area contributed by atoms with Crippen LogP contribution in [0.2, 0.25) is 0 Å². The molecular formula is C16H19FN4O3S. The molecule has 7 nitrogen and oxygen atoms in total. The summed E-state index contributed by atoms with van der Waals surface area (Å²) >= 11 is 1.08. The van der Waals surface area contributed by atoms with Crippen molar-refractivity contribution in [3.05, 3.63) is 30.1 Å². The van der Waals surface area contributed by atoms with Gasteiger partial charge in [-0.3, -0.25) is 9.59 Å². The summed E-state index contributed by atoms with van der Waals surface area (Å²) < 4.78 is 18.4. The summed E-state index contributed by atoms with van der Waals surface area (Å²) in [5.74, 6) is -0.485. The van der Waals surface area contributed by atoms with Crippen LogP contribution >= 0.6 is 11.8 Å². The summed E-state index contributed by atoms with van der Waals surface area (Å²) in [7, 11) is 1.56. The Hall–Kier alpha value is -2.42. The Bertz CT molecular complexity index is 733. The van der Waals surface area contributed by atoms with Gasteiger partial charge in [0.25, 0.3) is 5.22 Å². The van der Waals surface area contributed by atoms with Gasteiger partial charge in [-0.2, -0.15) is 0 Å². The molecule has 0 aliphatic rings. The average molecular weight is 366 g/mol. The molecule has 2 aromatic rings. The van der Waals surface area contributed by atoms with Gasteiger partial charge >= 0.3 is 0 Å². The number of amides is 2. The van der Waals surface area contributed by atoms with Crippen molar-refractivity contribution in [1.29, 1.82) is 0 Å². The lowest BCUT2D eigenvalue weighted by atomic mass is 10.2. The van der Waals surface area contributed by atoms with Crippen LogP contribution in [0.25, 0.3) is 11.5 Å². The van der Waals surface area contributed by atoms with E-state index in [1.807, 2.05) is 13.8 Å². The van der Waals surface area contributed by atoms with Gasteiger partial charge in [0.05, 0.1) is 12.3 Å². The third-order valence-electron chi connectivity index (χ3n) is 3.07. The van der Waals surface area contributed by atoms with Crippen molar-refractivity contribution in [2.24, 2.45) is 0 Å². The summed E-state index contributed by atoms with van der Waals surface area (Å²) in [5, 5.41) is 10.7. The van der Waals surface area contributed by atoms with Crippen LogP contribution in [0.5, 0.6) is 0 Å². The first-order chi connectivity index (χ1) is 11.8. The molecule has 25 heavy (non-hydrogen) atoms. The number of halogens is 1. The molecule has 0 atom stereocenters. The van der Waals surface area contributed by atoms with Gasteiger partial charge in [0, 0.05) is 18.7 Å². The maximum absolute atomic E-state index is 12.9. The third kappa shape index (κ3) is 5.86. The molecule has 9 heteroatoms. The molecule has 0 aliphatic heterocycles. The second-order valence-electron chi connectivity index (χ2n) is 5.64. The summed E-state index contributed by atoms with van der Waals surface area (Å²) in [6.45, 7) is 3.69. The zero-order valence-electron chi connectivity index (χ0n) is 14.2. The first kappa shape index (κ1) is 18.9. The third-order valence-corrected chi connectivity index (χ3v) is 3.88. The first-order valence-electron chi connectivity index (χ1n) is 7.60. The van der Waals surface area contributed by atoms with E-state index in [4.69, 9.17) is 4.42 Å². The van der Waals surface area contributed by atoms with Crippen molar-refractivity contribution in [3.63, 3.8) is 0 Å². The smallest absolute Gasteiger partial charge is 0.277 e. The molecular weight excluding hydrogens is 347 g/mol. The van der Waals surface area contributed by atoms with Crippen LogP contribution in [-0.4, -0.2) is 52.3 Å². The number of nitrogens with one attached hydrogen (secondary N) is 1. The van der Waals surface area contributed by atoms with E-state index in [0.29, 0.717) is 5.56 Å². The van der Waals surface area contributed by atoms with Gasteiger partial charge in [-0.1, -0.05) is 11.8 Å². The summed E-state index contributed by atoms with van der Waals surface area (Å²) in [4.78, 5) is 25.0. The van der Waals surface area contributed by atoms with E-state index in [-0.39, 0.29) is 47.1 Å². The van der Waals surface area contributed by atoms with Gasteiger partial charge in [0.2, 0.25) is 17.7 Å². The highest BCUT2D eigenvalue weighted by molar-refractivity contribution is 7.99. The molecule has 0 bridgehead atoms. The molecule has 0 radical (unpaired) electrons. The molecule has 0 saturated heterocycles. The predicted molar refractivity (Wildman–Crippen MR) is 91.3 cm³/mol. The van der Waals surface area contributed by atoms with Crippen LogP contribution < -0.4 is 5.32 Å². The molecule has 0 fully saturated rings. The van der Waals surface area contributed by atoms with Crippen LogP contribution in [0.4, 0.5) is 4.39 Å². The van der Waals surface area contributed by atoms with Crippen LogP contribution in [0.3, 0.4) is 0 Å². The van der Waals surface area contributed by atoms with Crippen LogP contribution in [0, 0.1) is 5.82 Å². The van der Waals surface area contributed by atoms with E-state index in [9.17, 15) is 14.0 Å². The van der Waals surface area contributed by atoms with E-state index < -0.39 is 0 Å². The molecule has 0 unspecified atom stereocenters. The molecule has 0 spiro atoms. The van der Waals surface area contributed by atoms with E-state index in [0.717, 1.165) is 11.8 Å². The van der Waals surface area contributed by atoms with Gasteiger partial charge < -0.3 is 14.6 Å². The fraction of sp³-hybridized carbons (Fsp3) is 0.375. The Kier molecular flexibility index (Phi) is 6.51. The minimum Gasteiger partial charge on any atom is -0.411 e.